The van der Waals surface area contributed by atoms with E-state index in [1.165, 1.54) is 5.56 Å². The Kier molecular flexibility index (Phi) is 2.75. The normalized spacial score (nSPS) is 10.6. The topological polar surface area (TPSA) is 75.7 Å². The summed E-state index contributed by atoms with van der Waals surface area (Å²) in [5, 5.41) is 2.89. The summed E-state index contributed by atoms with van der Waals surface area (Å²) in [5.74, 6) is 1.65. The summed E-state index contributed by atoms with van der Waals surface area (Å²) in [6, 6.07) is 7.77. The number of hydrogen-bond acceptors (Lipinski definition) is 5. The molecule has 0 spiro atoms. The van der Waals surface area contributed by atoms with Gasteiger partial charge in [0, 0.05) is 7.05 Å². The SMILES string of the molecule is CNc1nc(Oc2ccc(C)cc2)c2[nH]cnc2n1. The average molecular weight is 255 g/mol. The Morgan fingerprint density at radius 1 is 1.16 bits per heavy atom. The smallest absolute Gasteiger partial charge is 0.250 e. The van der Waals surface area contributed by atoms with E-state index in [1.807, 2.05) is 31.2 Å². The van der Waals surface area contributed by atoms with Crippen LogP contribution < -0.4 is 10.1 Å². The molecule has 2 N–H and O–H groups in total. The highest BCUT2D eigenvalue weighted by Crippen LogP contribution is 2.26. The number of H-pyrrole nitrogens is 1. The fraction of sp³-hybridized carbons (Fsp3) is 0.154. The van der Waals surface area contributed by atoms with Crippen molar-refractivity contribution in [1.82, 2.24) is 19.9 Å². The van der Waals surface area contributed by atoms with Gasteiger partial charge in [0.15, 0.2) is 5.65 Å². The minimum absolute atomic E-state index is 0.454. The van der Waals surface area contributed by atoms with Gasteiger partial charge in [0.05, 0.1) is 6.33 Å². The Morgan fingerprint density at radius 2 is 1.95 bits per heavy atom. The van der Waals surface area contributed by atoms with Crippen molar-refractivity contribution >= 4 is 17.1 Å². The molecule has 1 aromatic carbocycles. The molecule has 0 unspecified atom stereocenters. The summed E-state index contributed by atoms with van der Waals surface area (Å²) in [6.45, 7) is 2.03. The van der Waals surface area contributed by atoms with Gasteiger partial charge in [-0.3, -0.25) is 0 Å². The van der Waals surface area contributed by atoms with Crippen LogP contribution in [0, 0.1) is 6.92 Å². The zero-order chi connectivity index (χ0) is 13.2. The van der Waals surface area contributed by atoms with Gasteiger partial charge in [0.1, 0.15) is 11.3 Å². The molecule has 0 radical (unpaired) electrons. The van der Waals surface area contributed by atoms with Gasteiger partial charge in [0.25, 0.3) is 5.88 Å². The quantitative estimate of drug-likeness (QED) is 0.752. The third kappa shape index (κ3) is 2.20. The van der Waals surface area contributed by atoms with E-state index in [0.29, 0.717) is 23.0 Å². The summed E-state index contributed by atoms with van der Waals surface area (Å²) in [7, 11) is 1.75. The first-order valence-corrected chi connectivity index (χ1v) is 5.89. The van der Waals surface area contributed by atoms with Gasteiger partial charge in [-0.1, -0.05) is 17.7 Å². The van der Waals surface area contributed by atoms with Crippen LogP contribution in [0.1, 0.15) is 5.56 Å². The van der Waals surface area contributed by atoms with E-state index in [2.05, 4.69) is 25.3 Å². The number of ether oxygens (including phenoxy) is 1. The van der Waals surface area contributed by atoms with Crippen molar-refractivity contribution in [2.45, 2.75) is 6.92 Å². The van der Waals surface area contributed by atoms with Crippen molar-refractivity contribution in [1.29, 1.82) is 0 Å². The monoisotopic (exact) mass is 255 g/mol. The van der Waals surface area contributed by atoms with Crippen LogP contribution in [0.3, 0.4) is 0 Å². The summed E-state index contributed by atoms with van der Waals surface area (Å²) in [5.41, 5.74) is 2.43. The third-order valence-corrected chi connectivity index (χ3v) is 2.71. The number of rotatable bonds is 3. The highest BCUT2D eigenvalue weighted by Gasteiger charge is 2.11. The first kappa shape index (κ1) is 11.5. The number of benzene rings is 1. The highest BCUT2D eigenvalue weighted by atomic mass is 16.5. The Morgan fingerprint density at radius 3 is 2.68 bits per heavy atom. The van der Waals surface area contributed by atoms with Gasteiger partial charge in [-0.15, -0.1) is 0 Å². The van der Waals surface area contributed by atoms with Crippen molar-refractivity contribution < 1.29 is 4.74 Å². The van der Waals surface area contributed by atoms with Gasteiger partial charge in [-0.05, 0) is 19.1 Å². The molecule has 6 nitrogen and oxygen atoms in total. The van der Waals surface area contributed by atoms with Crippen molar-refractivity contribution in [2.75, 3.05) is 12.4 Å². The molecule has 2 heterocycles. The Balaban J connectivity index is 2.03. The Hall–Kier alpha value is -2.63. The van der Waals surface area contributed by atoms with E-state index in [1.54, 1.807) is 13.4 Å². The second kappa shape index (κ2) is 4.56. The predicted octanol–water partition coefficient (Wildman–Crippen LogP) is 2.50. The molecule has 0 aliphatic rings. The molecule has 3 rings (SSSR count). The lowest BCUT2D eigenvalue weighted by atomic mass is 10.2. The molecule has 3 aromatic rings. The average Bonchev–Trinajstić information content (AvgIpc) is 2.89. The molecule has 0 saturated carbocycles. The number of aromatic amines is 1. The Labute approximate surface area is 109 Å². The van der Waals surface area contributed by atoms with Gasteiger partial charge >= 0.3 is 0 Å². The largest absolute Gasteiger partial charge is 0.437 e. The maximum atomic E-state index is 5.79. The lowest BCUT2D eigenvalue weighted by Gasteiger charge is -2.07. The fourth-order valence-corrected chi connectivity index (χ4v) is 1.71. The van der Waals surface area contributed by atoms with Gasteiger partial charge in [-0.2, -0.15) is 9.97 Å². The number of hydrogen-bond donors (Lipinski definition) is 2. The zero-order valence-corrected chi connectivity index (χ0v) is 10.6. The van der Waals surface area contributed by atoms with E-state index in [4.69, 9.17) is 4.74 Å². The second-order valence-corrected chi connectivity index (χ2v) is 4.12. The van der Waals surface area contributed by atoms with Gasteiger partial charge in [0.2, 0.25) is 5.95 Å². The number of aryl methyl sites for hydroxylation is 1. The Bertz CT molecular complexity index is 705. The number of aromatic nitrogens is 4. The summed E-state index contributed by atoms with van der Waals surface area (Å²) >= 11 is 0. The van der Waals surface area contributed by atoms with Crippen LogP contribution >= 0.6 is 0 Å². The van der Waals surface area contributed by atoms with Gasteiger partial charge in [-0.25, -0.2) is 4.98 Å². The summed E-state index contributed by atoms with van der Waals surface area (Å²) in [6.07, 6.45) is 1.57. The zero-order valence-electron chi connectivity index (χ0n) is 10.6. The molecule has 0 saturated heterocycles. The number of anilines is 1. The molecule has 6 heteroatoms. The predicted molar refractivity (Wildman–Crippen MR) is 72.5 cm³/mol. The molecule has 0 atom stereocenters. The van der Waals surface area contributed by atoms with Crippen LogP contribution in [0.5, 0.6) is 11.6 Å². The third-order valence-electron chi connectivity index (χ3n) is 2.71. The molecule has 0 aliphatic heterocycles. The molecule has 0 amide bonds. The lowest BCUT2D eigenvalue weighted by Crippen LogP contribution is -1.99. The molecule has 2 aromatic heterocycles. The molecular weight excluding hydrogens is 242 g/mol. The summed E-state index contributed by atoms with van der Waals surface area (Å²) in [4.78, 5) is 15.6. The lowest BCUT2D eigenvalue weighted by molar-refractivity contribution is 0.468. The molecule has 0 aliphatic carbocycles. The highest BCUT2D eigenvalue weighted by molar-refractivity contribution is 5.77. The van der Waals surface area contributed by atoms with Crippen LogP contribution in [0.25, 0.3) is 11.2 Å². The molecular formula is C13H13N5O. The first-order valence-electron chi connectivity index (χ1n) is 5.89. The second-order valence-electron chi connectivity index (χ2n) is 4.12. The maximum absolute atomic E-state index is 5.79. The van der Waals surface area contributed by atoms with Crippen LogP contribution in [0.4, 0.5) is 5.95 Å². The maximum Gasteiger partial charge on any atom is 0.250 e. The van der Waals surface area contributed by atoms with Crippen LogP contribution in [0.2, 0.25) is 0 Å². The standard InChI is InChI=1S/C13H13N5O/c1-8-3-5-9(6-4-8)19-12-10-11(16-7-15-10)17-13(14-2)18-12/h3-7H,1-2H3,(H2,14,15,16,17,18). The van der Waals surface area contributed by atoms with E-state index < -0.39 is 0 Å². The van der Waals surface area contributed by atoms with Crippen LogP contribution in [0.15, 0.2) is 30.6 Å². The van der Waals surface area contributed by atoms with E-state index in [-0.39, 0.29) is 0 Å². The minimum Gasteiger partial charge on any atom is -0.437 e. The molecule has 96 valence electrons. The van der Waals surface area contributed by atoms with E-state index in [0.717, 1.165) is 5.75 Å². The van der Waals surface area contributed by atoms with E-state index >= 15 is 0 Å². The van der Waals surface area contributed by atoms with Crippen LogP contribution in [-0.2, 0) is 0 Å². The minimum atomic E-state index is 0.454. The van der Waals surface area contributed by atoms with Crippen LogP contribution in [-0.4, -0.2) is 27.0 Å². The molecule has 0 bridgehead atoms. The number of nitrogens with one attached hydrogen (secondary N) is 2. The fourth-order valence-electron chi connectivity index (χ4n) is 1.71. The first-order chi connectivity index (χ1) is 9.26. The van der Waals surface area contributed by atoms with E-state index in [9.17, 15) is 0 Å². The van der Waals surface area contributed by atoms with Gasteiger partial charge < -0.3 is 15.0 Å². The molecule has 19 heavy (non-hydrogen) atoms. The summed E-state index contributed by atoms with van der Waals surface area (Å²) < 4.78 is 5.79. The van der Waals surface area contributed by atoms with Crippen molar-refractivity contribution in [3.63, 3.8) is 0 Å². The number of fused-ring (bicyclic) bond motifs is 1. The van der Waals surface area contributed by atoms with Crippen molar-refractivity contribution in [2.24, 2.45) is 0 Å². The van der Waals surface area contributed by atoms with Crippen molar-refractivity contribution in [3.05, 3.63) is 36.2 Å². The number of imidazole rings is 1. The molecule has 0 fully saturated rings. The van der Waals surface area contributed by atoms with Crippen molar-refractivity contribution in [3.8, 4) is 11.6 Å². The number of nitrogens with zero attached hydrogens (tertiary/aromatic N) is 3.